The normalized spacial score (nSPS) is 9.14. The molecule has 110 valence electrons. The smallest absolute Gasteiger partial charge is 0.504 e. The van der Waals surface area contributed by atoms with Crippen molar-refractivity contribution in [1.29, 1.82) is 0 Å². The van der Waals surface area contributed by atoms with Crippen LogP contribution in [0.3, 0.4) is 0 Å². The largest absolute Gasteiger partial charge is 2.00 e. The molecular weight excluding hydrogens is 308 g/mol. The fraction of sp³-hybridized carbons (Fsp3) is 0.0588. The summed E-state index contributed by atoms with van der Waals surface area (Å²) >= 11 is 0. The monoisotopic (exact) mass is 324 g/mol. The van der Waals surface area contributed by atoms with Crippen LogP contribution in [0.25, 0.3) is 0 Å². The van der Waals surface area contributed by atoms with Crippen LogP contribution in [0.15, 0.2) is 72.8 Å². The van der Waals surface area contributed by atoms with Gasteiger partial charge in [0.05, 0.1) is 6.61 Å². The van der Waals surface area contributed by atoms with Gasteiger partial charge in [0.25, 0.3) is 0 Å². The fourth-order valence-electron chi connectivity index (χ4n) is 1.62. The van der Waals surface area contributed by atoms with E-state index in [4.69, 9.17) is 4.74 Å². The molecule has 3 nitrogen and oxygen atoms in total. The van der Waals surface area contributed by atoms with E-state index < -0.39 is 0 Å². The maximum Gasteiger partial charge on any atom is 2.00 e. The number of para-hydroxylation sites is 1. The van der Waals surface area contributed by atoms with Crippen molar-refractivity contribution < 1.29 is 32.0 Å². The summed E-state index contributed by atoms with van der Waals surface area (Å²) < 4.78 is 5.35. The van der Waals surface area contributed by atoms with Crippen molar-refractivity contribution >= 4 is 0 Å². The number of aromatic hydroxyl groups is 2. The van der Waals surface area contributed by atoms with Crippen molar-refractivity contribution in [2.24, 2.45) is 0 Å². The van der Waals surface area contributed by atoms with Crippen LogP contribution in [0.1, 0.15) is 5.56 Å². The zero-order chi connectivity index (χ0) is 14.2. The number of rotatable bonds is 3. The van der Waals surface area contributed by atoms with Crippen LogP contribution < -0.4 is 4.74 Å². The third kappa shape index (κ3) is 5.38. The third-order valence-corrected chi connectivity index (χ3v) is 2.66. The molecule has 0 aromatic heterocycles. The Hall–Kier alpha value is -2.16. The predicted octanol–water partition coefficient (Wildman–Crippen LogP) is 3.80. The zero-order valence-electron chi connectivity index (χ0n) is 11.3. The number of phenols is 2. The van der Waals surface area contributed by atoms with E-state index in [1.165, 1.54) is 6.07 Å². The minimum atomic E-state index is -0.218. The maximum absolute atomic E-state index is 9.45. The topological polar surface area (TPSA) is 49.7 Å². The SMILES string of the molecule is Oc1cccc(OCc2ccc[cH-]2)c1O.[Fe+2].c1cc[cH-]c1. The maximum atomic E-state index is 9.45. The zero-order valence-corrected chi connectivity index (χ0v) is 12.4. The summed E-state index contributed by atoms with van der Waals surface area (Å²) in [6.07, 6.45) is 0. The number of hydrogen-bond acceptors (Lipinski definition) is 3. The van der Waals surface area contributed by atoms with E-state index >= 15 is 0 Å². The average molecular weight is 324 g/mol. The van der Waals surface area contributed by atoms with Crippen LogP contribution in [-0.4, -0.2) is 10.2 Å². The molecule has 0 atom stereocenters. The standard InChI is InChI=1S/C12H11O3.C5H5.Fe/c13-10-6-3-7-11(12(10)14)15-8-9-4-1-2-5-9;1-2-4-5-3-1;/h1-7,13-14H,8H2;1-5H;/q2*-1;+2. The van der Waals surface area contributed by atoms with E-state index in [0.717, 1.165) is 5.56 Å². The second-order valence-corrected chi connectivity index (χ2v) is 4.17. The fourth-order valence-corrected chi connectivity index (χ4v) is 1.62. The van der Waals surface area contributed by atoms with E-state index in [9.17, 15) is 10.2 Å². The molecular formula is C17H16FeO3. The summed E-state index contributed by atoms with van der Waals surface area (Å²) in [5.74, 6) is -0.102. The molecule has 0 heterocycles. The van der Waals surface area contributed by atoms with Crippen LogP contribution in [-0.2, 0) is 23.7 Å². The molecule has 0 spiro atoms. The summed E-state index contributed by atoms with van der Waals surface area (Å²) in [5, 5.41) is 18.7. The Kier molecular flexibility index (Phi) is 7.16. The average Bonchev–Trinajstić information content (AvgIpc) is 3.16. The Bertz CT molecular complexity index is 584. The van der Waals surface area contributed by atoms with E-state index in [1.807, 2.05) is 54.6 Å². The minimum absolute atomic E-state index is 0. The molecule has 3 aromatic rings. The Balaban J connectivity index is 0.000000313. The molecule has 2 N–H and O–H groups in total. The predicted molar refractivity (Wildman–Crippen MR) is 78.2 cm³/mol. The number of benzene rings is 1. The van der Waals surface area contributed by atoms with Crippen molar-refractivity contribution in [2.45, 2.75) is 6.61 Å². The van der Waals surface area contributed by atoms with Crippen molar-refractivity contribution in [3.8, 4) is 17.2 Å². The third-order valence-electron chi connectivity index (χ3n) is 2.66. The van der Waals surface area contributed by atoms with Gasteiger partial charge in [-0.05, 0) is 12.1 Å². The molecule has 0 bridgehead atoms. The second kappa shape index (κ2) is 8.90. The van der Waals surface area contributed by atoms with Crippen LogP contribution in [0, 0.1) is 0 Å². The Morgan fingerprint density at radius 3 is 2.24 bits per heavy atom. The van der Waals surface area contributed by atoms with Gasteiger partial charge in [-0.2, -0.15) is 30.3 Å². The van der Waals surface area contributed by atoms with Gasteiger partial charge in [0.15, 0.2) is 11.5 Å². The molecule has 0 saturated carbocycles. The van der Waals surface area contributed by atoms with Gasteiger partial charge in [-0.15, -0.1) is 5.56 Å². The van der Waals surface area contributed by atoms with Crippen molar-refractivity contribution in [2.75, 3.05) is 0 Å². The first-order chi connectivity index (χ1) is 9.77. The molecule has 4 heteroatoms. The van der Waals surface area contributed by atoms with Gasteiger partial charge in [-0.25, -0.2) is 24.3 Å². The molecule has 0 aliphatic carbocycles. The minimum Gasteiger partial charge on any atom is -0.504 e. The molecule has 0 radical (unpaired) electrons. The van der Waals surface area contributed by atoms with Gasteiger partial charge in [-0.3, -0.25) is 0 Å². The number of phenolic OH excluding ortho intramolecular Hbond substituents is 2. The molecule has 0 amide bonds. The van der Waals surface area contributed by atoms with Gasteiger partial charge in [-0.1, -0.05) is 6.07 Å². The van der Waals surface area contributed by atoms with E-state index in [1.54, 1.807) is 12.1 Å². The first-order valence-electron chi connectivity index (χ1n) is 6.28. The van der Waals surface area contributed by atoms with E-state index in [2.05, 4.69) is 0 Å². The second-order valence-electron chi connectivity index (χ2n) is 4.17. The summed E-state index contributed by atoms with van der Waals surface area (Å²) in [7, 11) is 0. The molecule has 0 aliphatic heterocycles. The van der Waals surface area contributed by atoms with Crippen LogP contribution in [0.4, 0.5) is 0 Å². The molecule has 21 heavy (non-hydrogen) atoms. The van der Waals surface area contributed by atoms with Crippen molar-refractivity contribution in [3.05, 3.63) is 78.4 Å². The van der Waals surface area contributed by atoms with Crippen LogP contribution in [0.5, 0.6) is 17.2 Å². The van der Waals surface area contributed by atoms with Crippen LogP contribution >= 0.6 is 0 Å². The van der Waals surface area contributed by atoms with Gasteiger partial charge in [0.2, 0.25) is 5.75 Å². The molecule has 0 saturated heterocycles. The first-order valence-corrected chi connectivity index (χ1v) is 6.28. The van der Waals surface area contributed by atoms with Gasteiger partial charge in [0.1, 0.15) is 0 Å². The summed E-state index contributed by atoms with van der Waals surface area (Å²) in [4.78, 5) is 0. The number of ether oxygens (including phenoxy) is 1. The summed E-state index contributed by atoms with van der Waals surface area (Å²) in [6.45, 7) is 0.379. The summed E-state index contributed by atoms with van der Waals surface area (Å²) in [5.41, 5.74) is 1.03. The first kappa shape index (κ1) is 16.9. The van der Waals surface area contributed by atoms with Crippen LogP contribution in [0.2, 0.25) is 0 Å². The molecule has 0 fully saturated rings. The quantitative estimate of drug-likeness (QED) is 0.438. The Labute approximate surface area is 134 Å². The van der Waals surface area contributed by atoms with E-state index in [-0.39, 0.29) is 34.3 Å². The van der Waals surface area contributed by atoms with Crippen molar-refractivity contribution in [3.63, 3.8) is 0 Å². The Morgan fingerprint density at radius 1 is 0.905 bits per heavy atom. The van der Waals surface area contributed by atoms with Gasteiger partial charge < -0.3 is 14.9 Å². The molecule has 0 unspecified atom stereocenters. The Morgan fingerprint density at radius 2 is 1.67 bits per heavy atom. The molecule has 0 aliphatic rings. The number of hydrogen-bond donors (Lipinski definition) is 2. The van der Waals surface area contributed by atoms with Crippen molar-refractivity contribution in [1.82, 2.24) is 0 Å². The van der Waals surface area contributed by atoms with E-state index in [0.29, 0.717) is 6.61 Å². The van der Waals surface area contributed by atoms with Gasteiger partial charge >= 0.3 is 17.1 Å². The molecule has 3 aromatic carbocycles. The van der Waals surface area contributed by atoms with Gasteiger partial charge in [0, 0.05) is 0 Å². The molecule has 3 rings (SSSR count). The summed E-state index contributed by atoms with van der Waals surface area (Å²) in [6, 6.07) is 22.3.